The van der Waals surface area contributed by atoms with Crippen LogP contribution in [0, 0.1) is 6.92 Å². The molecule has 0 N–H and O–H groups in total. The molecule has 3 aromatic rings. The topological polar surface area (TPSA) is 57.0 Å². The Morgan fingerprint density at radius 1 is 1.44 bits per heavy atom. The van der Waals surface area contributed by atoms with Gasteiger partial charge in [-0.3, -0.25) is 9.36 Å². The van der Waals surface area contributed by atoms with E-state index in [1.54, 1.807) is 23.9 Å². The van der Waals surface area contributed by atoms with E-state index in [-0.39, 0.29) is 5.56 Å². The van der Waals surface area contributed by atoms with Crippen molar-refractivity contribution in [2.45, 2.75) is 33.6 Å². The van der Waals surface area contributed by atoms with Crippen LogP contribution in [-0.4, -0.2) is 21.6 Å². The van der Waals surface area contributed by atoms with E-state index in [0.29, 0.717) is 21.8 Å². The highest BCUT2D eigenvalue weighted by Crippen LogP contribution is 2.35. The minimum absolute atomic E-state index is 0.0620. The summed E-state index contributed by atoms with van der Waals surface area (Å²) >= 11 is 1.36. The third-order valence-electron chi connectivity index (χ3n) is 3.98. The highest BCUT2D eigenvalue weighted by molar-refractivity contribution is 7.25. The average Bonchev–Trinajstić information content (AvgIpc) is 2.98. The number of unbranched alkanes of at least 4 members (excludes halogenated alkanes) is 1. The monoisotopic (exact) mass is 355 g/mol. The van der Waals surface area contributed by atoms with Gasteiger partial charge in [-0.05, 0) is 32.4 Å². The van der Waals surface area contributed by atoms with Gasteiger partial charge in [0.2, 0.25) is 0 Å². The molecule has 0 amide bonds. The number of allylic oxidation sites excluding steroid dienone is 4. The first-order chi connectivity index (χ1) is 12.1. The molecule has 0 aliphatic carbocycles. The van der Waals surface area contributed by atoms with Crippen molar-refractivity contribution in [3.63, 3.8) is 0 Å². The number of hydrogen-bond donors (Lipinski definition) is 0. The molecule has 0 bridgehead atoms. The summed E-state index contributed by atoms with van der Waals surface area (Å²) in [6.45, 7) is 5.92. The number of ether oxygens (including phenoxy) is 1. The summed E-state index contributed by atoms with van der Waals surface area (Å²) in [5, 5.41) is 0.808. The Morgan fingerprint density at radius 2 is 2.24 bits per heavy atom. The highest BCUT2D eigenvalue weighted by Gasteiger charge is 2.18. The van der Waals surface area contributed by atoms with E-state index in [2.05, 4.69) is 18.0 Å². The van der Waals surface area contributed by atoms with Crippen molar-refractivity contribution >= 4 is 37.5 Å². The summed E-state index contributed by atoms with van der Waals surface area (Å²) in [5.41, 5.74) is 1.46. The lowest BCUT2D eigenvalue weighted by Gasteiger charge is -2.11. The third kappa shape index (κ3) is 2.98. The standard InChI is InChI=1S/C19H21N3O2S/c1-5-7-9-13(8-6-2)22-12(3)21-16-15-14(24-4)10-11-20-18(15)25-17(16)19(22)23/h6,8-11H,5,7H2,1-4H3/b8-6-,13-9+. The van der Waals surface area contributed by atoms with Crippen molar-refractivity contribution in [1.82, 2.24) is 14.5 Å². The molecular formula is C19H21N3O2S. The van der Waals surface area contributed by atoms with Gasteiger partial charge < -0.3 is 4.74 Å². The fraction of sp³-hybridized carbons (Fsp3) is 0.316. The van der Waals surface area contributed by atoms with Crippen molar-refractivity contribution in [2.75, 3.05) is 7.11 Å². The van der Waals surface area contributed by atoms with E-state index in [0.717, 1.165) is 28.8 Å². The zero-order chi connectivity index (χ0) is 18.0. The smallest absolute Gasteiger partial charge is 0.276 e. The second-order valence-electron chi connectivity index (χ2n) is 5.69. The van der Waals surface area contributed by atoms with E-state index >= 15 is 0 Å². The van der Waals surface area contributed by atoms with Gasteiger partial charge in [-0.1, -0.05) is 25.5 Å². The van der Waals surface area contributed by atoms with Crippen LogP contribution in [0.1, 0.15) is 32.5 Å². The summed E-state index contributed by atoms with van der Waals surface area (Å²) in [5.74, 6) is 1.35. The molecule has 0 saturated heterocycles. The van der Waals surface area contributed by atoms with Gasteiger partial charge >= 0.3 is 0 Å². The molecular weight excluding hydrogens is 334 g/mol. The van der Waals surface area contributed by atoms with Crippen LogP contribution in [0.2, 0.25) is 0 Å². The fourth-order valence-corrected chi connectivity index (χ4v) is 3.89. The normalized spacial score (nSPS) is 12.6. The molecule has 130 valence electrons. The number of hydrogen-bond acceptors (Lipinski definition) is 5. The summed E-state index contributed by atoms with van der Waals surface area (Å²) in [7, 11) is 1.62. The van der Waals surface area contributed by atoms with Crippen molar-refractivity contribution in [2.24, 2.45) is 0 Å². The first kappa shape index (κ1) is 17.4. The van der Waals surface area contributed by atoms with Gasteiger partial charge in [0.1, 0.15) is 26.6 Å². The molecule has 0 fully saturated rings. The average molecular weight is 355 g/mol. The number of pyridine rings is 1. The molecule has 3 heterocycles. The highest BCUT2D eigenvalue weighted by atomic mass is 32.1. The summed E-state index contributed by atoms with van der Waals surface area (Å²) in [6.07, 6.45) is 9.58. The van der Waals surface area contributed by atoms with Gasteiger partial charge in [-0.25, -0.2) is 9.97 Å². The van der Waals surface area contributed by atoms with Crippen LogP contribution in [0.25, 0.3) is 26.1 Å². The Labute approximate surface area is 150 Å². The third-order valence-corrected chi connectivity index (χ3v) is 5.06. The van der Waals surface area contributed by atoms with Crippen molar-refractivity contribution in [1.29, 1.82) is 0 Å². The van der Waals surface area contributed by atoms with Crippen LogP contribution in [-0.2, 0) is 0 Å². The molecule has 25 heavy (non-hydrogen) atoms. The summed E-state index contributed by atoms with van der Waals surface area (Å²) in [6, 6.07) is 1.80. The van der Waals surface area contributed by atoms with E-state index in [9.17, 15) is 4.79 Å². The van der Waals surface area contributed by atoms with Gasteiger partial charge in [0.05, 0.1) is 12.5 Å². The molecule has 0 atom stereocenters. The number of thiophene rings is 1. The SMILES string of the molecule is C/C=C\C(=C/CCC)n1c(C)nc2c(sc3nccc(OC)c32)c1=O. The van der Waals surface area contributed by atoms with Gasteiger partial charge in [-0.15, -0.1) is 11.3 Å². The van der Waals surface area contributed by atoms with Crippen LogP contribution in [0.15, 0.2) is 35.3 Å². The Hall–Kier alpha value is -2.47. The van der Waals surface area contributed by atoms with Crippen molar-refractivity contribution in [3.05, 3.63) is 46.7 Å². The number of aryl methyl sites for hydroxylation is 1. The second kappa shape index (κ2) is 7.19. The van der Waals surface area contributed by atoms with E-state index in [1.807, 2.05) is 26.0 Å². The first-order valence-corrected chi connectivity index (χ1v) is 9.12. The quantitative estimate of drug-likeness (QED) is 0.631. The molecule has 3 rings (SSSR count). The van der Waals surface area contributed by atoms with E-state index in [1.165, 1.54) is 11.3 Å². The van der Waals surface area contributed by atoms with E-state index in [4.69, 9.17) is 9.72 Å². The van der Waals surface area contributed by atoms with Crippen LogP contribution in [0.5, 0.6) is 5.75 Å². The molecule has 0 aliphatic heterocycles. The molecule has 0 saturated carbocycles. The molecule has 0 radical (unpaired) electrons. The minimum atomic E-state index is -0.0620. The van der Waals surface area contributed by atoms with Gasteiger partial charge in [0.25, 0.3) is 5.56 Å². The summed E-state index contributed by atoms with van der Waals surface area (Å²) in [4.78, 5) is 23.1. The Morgan fingerprint density at radius 3 is 2.92 bits per heavy atom. The molecule has 0 aromatic carbocycles. The van der Waals surface area contributed by atoms with E-state index < -0.39 is 0 Å². The lowest BCUT2D eigenvalue weighted by Crippen LogP contribution is -2.22. The van der Waals surface area contributed by atoms with Gasteiger partial charge in [0.15, 0.2) is 0 Å². The largest absolute Gasteiger partial charge is 0.496 e. The molecule has 0 unspecified atom stereocenters. The molecule has 5 nitrogen and oxygen atoms in total. The summed E-state index contributed by atoms with van der Waals surface area (Å²) < 4.78 is 7.72. The Balaban J connectivity index is 2.37. The number of fused-ring (bicyclic) bond motifs is 3. The maximum Gasteiger partial charge on any atom is 0.276 e. The molecule has 6 heteroatoms. The zero-order valence-corrected chi connectivity index (χ0v) is 15.7. The van der Waals surface area contributed by atoms with Crippen LogP contribution >= 0.6 is 11.3 Å². The predicted octanol–water partition coefficient (Wildman–Crippen LogP) is 4.54. The Kier molecular flexibility index (Phi) is 4.99. The van der Waals surface area contributed by atoms with Gasteiger partial charge in [-0.2, -0.15) is 0 Å². The van der Waals surface area contributed by atoms with Crippen molar-refractivity contribution in [3.8, 4) is 5.75 Å². The van der Waals surface area contributed by atoms with Crippen LogP contribution in [0.4, 0.5) is 0 Å². The fourth-order valence-electron chi connectivity index (χ4n) is 2.86. The van der Waals surface area contributed by atoms with Crippen molar-refractivity contribution < 1.29 is 4.74 Å². The Bertz CT molecular complexity index is 1040. The number of nitrogens with zero attached hydrogens (tertiary/aromatic N) is 3. The van der Waals surface area contributed by atoms with Crippen LogP contribution < -0.4 is 10.3 Å². The number of rotatable bonds is 5. The first-order valence-electron chi connectivity index (χ1n) is 8.30. The maximum absolute atomic E-state index is 13.2. The molecule has 0 spiro atoms. The minimum Gasteiger partial charge on any atom is -0.496 e. The van der Waals surface area contributed by atoms with Gasteiger partial charge in [0, 0.05) is 11.9 Å². The molecule has 3 aromatic heterocycles. The number of methoxy groups -OCH3 is 1. The zero-order valence-electron chi connectivity index (χ0n) is 14.9. The lowest BCUT2D eigenvalue weighted by atomic mass is 10.2. The number of aromatic nitrogens is 3. The second-order valence-corrected chi connectivity index (χ2v) is 6.69. The maximum atomic E-state index is 13.2. The van der Waals surface area contributed by atoms with Crippen LogP contribution in [0.3, 0.4) is 0 Å². The molecule has 0 aliphatic rings. The lowest BCUT2D eigenvalue weighted by molar-refractivity contribution is 0.420. The predicted molar refractivity (Wildman–Crippen MR) is 104 cm³/mol.